The fraction of sp³-hybridized carbons (Fsp3) is 0.600. The van der Waals surface area contributed by atoms with Crippen molar-refractivity contribution in [3.05, 3.63) is 24.3 Å². The standard InChI is InChI=1S/C10H17N3OS/c1-9(4-6-15(2)14)12-7-10-3-5-11-8-13-10/h3,5,8-9,12H,4,6-7H2,1-2H3. The Morgan fingerprint density at radius 1 is 1.60 bits per heavy atom. The monoisotopic (exact) mass is 227 g/mol. The van der Waals surface area contributed by atoms with Crippen LogP contribution in [0, 0.1) is 0 Å². The molecule has 1 aromatic heterocycles. The molecule has 1 aromatic rings. The molecule has 0 radical (unpaired) electrons. The molecule has 15 heavy (non-hydrogen) atoms. The van der Waals surface area contributed by atoms with Crippen LogP contribution in [0.25, 0.3) is 0 Å². The molecule has 0 bridgehead atoms. The molecular weight excluding hydrogens is 210 g/mol. The van der Waals surface area contributed by atoms with Gasteiger partial charge in [-0.05, 0) is 19.4 Å². The van der Waals surface area contributed by atoms with Gasteiger partial charge in [-0.25, -0.2) is 9.97 Å². The lowest BCUT2D eigenvalue weighted by molar-refractivity contribution is 0.529. The smallest absolute Gasteiger partial charge is 0.115 e. The first-order chi connectivity index (χ1) is 7.18. The summed E-state index contributed by atoms with van der Waals surface area (Å²) in [6.45, 7) is 2.83. The number of aromatic nitrogens is 2. The van der Waals surface area contributed by atoms with Gasteiger partial charge in [-0.15, -0.1) is 0 Å². The van der Waals surface area contributed by atoms with Crippen molar-refractivity contribution in [2.24, 2.45) is 0 Å². The molecule has 0 aliphatic heterocycles. The molecule has 1 heterocycles. The highest BCUT2D eigenvalue weighted by molar-refractivity contribution is 7.84. The molecule has 0 aliphatic carbocycles. The maximum absolute atomic E-state index is 10.9. The van der Waals surface area contributed by atoms with Gasteiger partial charge < -0.3 is 5.32 Å². The molecular formula is C10H17N3OS. The summed E-state index contributed by atoms with van der Waals surface area (Å²) in [7, 11) is -0.700. The van der Waals surface area contributed by atoms with Crippen LogP contribution in [-0.4, -0.2) is 32.2 Å². The highest BCUT2D eigenvalue weighted by Crippen LogP contribution is 1.96. The first-order valence-corrected chi connectivity index (χ1v) is 6.69. The Hall–Kier alpha value is -0.810. The molecule has 0 aliphatic rings. The second-order valence-corrected chi connectivity index (χ2v) is 5.10. The van der Waals surface area contributed by atoms with E-state index in [9.17, 15) is 4.21 Å². The van der Waals surface area contributed by atoms with Crippen molar-refractivity contribution in [2.75, 3.05) is 12.0 Å². The Morgan fingerprint density at radius 3 is 3.00 bits per heavy atom. The lowest BCUT2D eigenvalue weighted by Crippen LogP contribution is -2.27. The quantitative estimate of drug-likeness (QED) is 0.778. The van der Waals surface area contributed by atoms with Crippen molar-refractivity contribution >= 4 is 10.8 Å². The molecule has 5 heteroatoms. The third-order valence-electron chi connectivity index (χ3n) is 2.11. The first kappa shape index (κ1) is 12.3. The second-order valence-electron chi connectivity index (χ2n) is 3.55. The van der Waals surface area contributed by atoms with E-state index in [0.29, 0.717) is 6.04 Å². The van der Waals surface area contributed by atoms with Crippen LogP contribution in [0.2, 0.25) is 0 Å². The number of rotatable bonds is 6. The van der Waals surface area contributed by atoms with Gasteiger partial charge in [-0.1, -0.05) is 0 Å². The van der Waals surface area contributed by atoms with E-state index in [2.05, 4.69) is 22.2 Å². The first-order valence-electron chi connectivity index (χ1n) is 4.97. The normalized spacial score (nSPS) is 14.8. The average Bonchev–Trinajstić information content (AvgIpc) is 2.25. The lowest BCUT2D eigenvalue weighted by Gasteiger charge is -2.12. The van der Waals surface area contributed by atoms with E-state index in [1.807, 2.05) is 6.07 Å². The fourth-order valence-electron chi connectivity index (χ4n) is 1.15. The van der Waals surface area contributed by atoms with Crippen molar-refractivity contribution in [3.63, 3.8) is 0 Å². The van der Waals surface area contributed by atoms with Gasteiger partial charge in [-0.2, -0.15) is 0 Å². The summed E-state index contributed by atoms with van der Waals surface area (Å²) in [5, 5.41) is 3.33. The van der Waals surface area contributed by atoms with Crippen molar-refractivity contribution < 1.29 is 4.21 Å². The van der Waals surface area contributed by atoms with E-state index in [0.717, 1.165) is 24.4 Å². The lowest BCUT2D eigenvalue weighted by atomic mass is 10.2. The summed E-state index contributed by atoms with van der Waals surface area (Å²) in [6.07, 6.45) is 5.93. The van der Waals surface area contributed by atoms with Crippen LogP contribution in [0.3, 0.4) is 0 Å². The van der Waals surface area contributed by atoms with E-state index in [4.69, 9.17) is 0 Å². The Bertz CT molecular complexity index is 305. The summed E-state index contributed by atoms with van der Waals surface area (Å²) in [4.78, 5) is 7.97. The largest absolute Gasteiger partial charge is 0.309 e. The molecule has 0 amide bonds. The van der Waals surface area contributed by atoms with E-state index >= 15 is 0 Å². The zero-order valence-corrected chi connectivity index (χ0v) is 9.96. The summed E-state index contributed by atoms with van der Waals surface area (Å²) in [5.41, 5.74) is 0.981. The minimum atomic E-state index is -0.700. The van der Waals surface area contributed by atoms with Crippen molar-refractivity contribution in [2.45, 2.75) is 25.9 Å². The molecule has 0 saturated heterocycles. The number of nitrogens with one attached hydrogen (secondary N) is 1. The average molecular weight is 227 g/mol. The number of nitrogens with zero attached hydrogens (tertiary/aromatic N) is 2. The van der Waals surface area contributed by atoms with Crippen LogP contribution in [0.15, 0.2) is 18.6 Å². The topological polar surface area (TPSA) is 54.9 Å². The Labute approximate surface area is 93.0 Å². The number of hydrogen-bond acceptors (Lipinski definition) is 4. The molecule has 0 fully saturated rings. The van der Waals surface area contributed by atoms with Gasteiger partial charge in [0.2, 0.25) is 0 Å². The third-order valence-corrected chi connectivity index (χ3v) is 2.92. The molecule has 0 aromatic carbocycles. The van der Waals surface area contributed by atoms with Gasteiger partial charge in [0.15, 0.2) is 0 Å². The van der Waals surface area contributed by atoms with Crippen molar-refractivity contribution in [3.8, 4) is 0 Å². The van der Waals surface area contributed by atoms with E-state index in [-0.39, 0.29) is 0 Å². The molecule has 0 spiro atoms. The van der Waals surface area contributed by atoms with Gasteiger partial charge in [0, 0.05) is 41.6 Å². The SMILES string of the molecule is CC(CCS(C)=O)NCc1ccncn1. The molecule has 4 nitrogen and oxygen atoms in total. The van der Waals surface area contributed by atoms with Crippen LogP contribution in [0.5, 0.6) is 0 Å². The minimum absolute atomic E-state index is 0.365. The molecule has 1 N–H and O–H groups in total. The second kappa shape index (κ2) is 6.63. The summed E-state index contributed by atoms with van der Waals surface area (Å²) < 4.78 is 10.9. The molecule has 2 atom stereocenters. The van der Waals surface area contributed by atoms with E-state index in [1.165, 1.54) is 0 Å². The van der Waals surface area contributed by atoms with Gasteiger partial charge in [0.05, 0.1) is 5.69 Å². The van der Waals surface area contributed by atoms with Crippen LogP contribution in [0.1, 0.15) is 19.0 Å². The van der Waals surface area contributed by atoms with Gasteiger partial charge >= 0.3 is 0 Å². The summed E-state index contributed by atoms with van der Waals surface area (Å²) >= 11 is 0. The zero-order chi connectivity index (χ0) is 11.1. The van der Waals surface area contributed by atoms with Crippen LogP contribution < -0.4 is 5.32 Å². The van der Waals surface area contributed by atoms with Crippen molar-refractivity contribution in [1.82, 2.24) is 15.3 Å². The van der Waals surface area contributed by atoms with Gasteiger partial charge in [0.1, 0.15) is 6.33 Å². The zero-order valence-electron chi connectivity index (χ0n) is 9.14. The maximum atomic E-state index is 10.9. The fourth-order valence-corrected chi connectivity index (χ4v) is 1.83. The highest BCUT2D eigenvalue weighted by Gasteiger charge is 2.02. The predicted octanol–water partition coefficient (Wildman–Crippen LogP) is 0.723. The van der Waals surface area contributed by atoms with E-state index < -0.39 is 10.8 Å². The molecule has 1 rings (SSSR count). The van der Waals surface area contributed by atoms with Gasteiger partial charge in [0.25, 0.3) is 0 Å². The minimum Gasteiger partial charge on any atom is -0.309 e. The van der Waals surface area contributed by atoms with Crippen LogP contribution in [-0.2, 0) is 17.3 Å². The van der Waals surface area contributed by atoms with Crippen LogP contribution in [0.4, 0.5) is 0 Å². The number of hydrogen-bond donors (Lipinski definition) is 1. The molecule has 2 unspecified atom stereocenters. The highest BCUT2D eigenvalue weighted by atomic mass is 32.2. The Morgan fingerprint density at radius 2 is 2.40 bits per heavy atom. The predicted molar refractivity (Wildman–Crippen MR) is 61.9 cm³/mol. The third kappa shape index (κ3) is 5.59. The molecule has 84 valence electrons. The summed E-state index contributed by atoms with van der Waals surface area (Å²) in [5.74, 6) is 0.748. The van der Waals surface area contributed by atoms with Crippen LogP contribution >= 0.6 is 0 Å². The molecule has 0 saturated carbocycles. The van der Waals surface area contributed by atoms with Crippen molar-refractivity contribution in [1.29, 1.82) is 0 Å². The Balaban J connectivity index is 2.22. The Kier molecular flexibility index (Phi) is 5.42. The van der Waals surface area contributed by atoms with Gasteiger partial charge in [-0.3, -0.25) is 4.21 Å². The maximum Gasteiger partial charge on any atom is 0.115 e. The summed E-state index contributed by atoms with van der Waals surface area (Å²) in [6, 6.07) is 2.25. The van der Waals surface area contributed by atoms with E-state index in [1.54, 1.807) is 18.8 Å².